The van der Waals surface area contributed by atoms with Crippen LogP contribution in [0.15, 0.2) is 27.8 Å². The second kappa shape index (κ2) is 6.24. The van der Waals surface area contributed by atoms with Gasteiger partial charge in [-0.1, -0.05) is 0 Å². The molecule has 0 bridgehead atoms. The van der Waals surface area contributed by atoms with Crippen molar-refractivity contribution in [1.82, 2.24) is 14.0 Å². The molecular weight excluding hydrogens is 310 g/mol. The van der Waals surface area contributed by atoms with Gasteiger partial charge in [0.1, 0.15) is 0 Å². The fourth-order valence-electron chi connectivity index (χ4n) is 3.49. The molecule has 128 valence electrons. The van der Waals surface area contributed by atoms with Gasteiger partial charge < -0.3 is 10.0 Å². The molecule has 1 aromatic heterocycles. The van der Waals surface area contributed by atoms with Crippen molar-refractivity contribution in [1.29, 1.82) is 0 Å². The topological polar surface area (TPSA) is 84.5 Å². The summed E-state index contributed by atoms with van der Waals surface area (Å²) in [4.78, 5) is 38.7. The van der Waals surface area contributed by atoms with Gasteiger partial charge in [-0.05, 0) is 50.6 Å². The minimum absolute atomic E-state index is 0.0437. The van der Waals surface area contributed by atoms with Gasteiger partial charge in [0.25, 0.3) is 5.56 Å². The Morgan fingerprint density at radius 1 is 1.29 bits per heavy atom. The summed E-state index contributed by atoms with van der Waals surface area (Å²) in [6, 6.07) is 4.27. The van der Waals surface area contributed by atoms with Gasteiger partial charge >= 0.3 is 11.7 Å². The van der Waals surface area contributed by atoms with E-state index in [2.05, 4.69) is 4.90 Å². The van der Waals surface area contributed by atoms with Gasteiger partial charge in [-0.3, -0.25) is 13.9 Å². The summed E-state index contributed by atoms with van der Waals surface area (Å²) in [6.07, 6.45) is 2.03. The molecule has 1 saturated heterocycles. The molecule has 1 aliphatic rings. The van der Waals surface area contributed by atoms with Crippen LogP contribution in [0.4, 0.5) is 0 Å². The Hall–Kier alpha value is -2.41. The Morgan fingerprint density at radius 2 is 2.04 bits per heavy atom. The number of rotatable bonds is 3. The first-order chi connectivity index (χ1) is 11.4. The molecule has 3 rings (SSSR count). The monoisotopic (exact) mass is 331 g/mol. The predicted octanol–water partition coefficient (Wildman–Crippen LogP) is 0.740. The van der Waals surface area contributed by atoms with E-state index in [-0.39, 0.29) is 22.6 Å². The smallest absolute Gasteiger partial charge is 0.335 e. The lowest BCUT2D eigenvalue weighted by Crippen LogP contribution is -2.43. The number of hydrogen-bond acceptors (Lipinski definition) is 4. The van der Waals surface area contributed by atoms with Crippen molar-refractivity contribution < 1.29 is 9.90 Å². The fourth-order valence-corrected chi connectivity index (χ4v) is 3.49. The summed E-state index contributed by atoms with van der Waals surface area (Å²) in [5, 5.41) is 9.40. The van der Waals surface area contributed by atoms with Crippen LogP contribution < -0.4 is 11.2 Å². The molecule has 0 radical (unpaired) electrons. The molecule has 2 heterocycles. The number of likely N-dealkylation sites (tertiary alicyclic amines) is 1. The molecule has 0 aliphatic carbocycles. The molecule has 24 heavy (non-hydrogen) atoms. The van der Waals surface area contributed by atoms with Crippen LogP contribution >= 0.6 is 0 Å². The van der Waals surface area contributed by atoms with Crippen LogP contribution in [-0.4, -0.2) is 45.2 Å². The number of aryl methyl sites for hydroxylation is 1. The van der Waals surface area contributed by atoms with Crippen LogP contribution in [0, 0.1) is 5.92 Å². The summed E-state index contributed by atoms with van der Waals surface area (Å²) in [5.74, 6) is -0.847. The Bertz CT molecular complexity index is 912. The molecule has 1 aliphatic heterocycles. The molecule has 1 atom stereocenters. The van der Waals surface area contributed by atoms with Crippen LogP contribution in [0.2, 0.25) is 0 Å². The highest BCUT2D eigenvalue weighted by atomic mass is 16.4. The van der Waals surface area contributed by atoms with Crippen LogP contribution in [-0.2, 0) is 13.6 Å². The maximum absolute atomic E-state index is 12.8. The third-order valence-corrected chi connectivity index (χ3v) is 4.76. The van der Waals surface area contributed by atoms with Crippen LogP contribution in [0.25, 0.3) is 10.9 Å². The van der Waals surface area contributed by atoms with Crippen molar-refractivity contribution in [2.75, 3.05) is 20.1 Å². The van der Waals surface area contributed by atoms with E-state index in [0.717, 1.165) is 25.9 Å². The van der Waals surface area contributed by atoms with E-state index in [1.54, 1.807) is 7.05 Å². The molecule has 1 N–H and O–H groups in total. The van der Waals surface area contributed by atoms with Gasteiger partial charge in [-0.25, -0.2) is 9.59 Å². The lowest BCUT2D eigenvalue weighted by molar-refractivity contribution is 0.0697. The molecule has 1 fully saturated rings. The van der Waals surface area contributed by atoms with E-state index in [4.69, 9.17) is 5.11 Å². The third kappa shape index (κ3) is 2.87. The number of nitrogens with zero attached hydrogens (tertiary/aromatic N) is 3. The largest absolute Gasteiger partial charge is 0.478 e. The molecular formula is C17H21N3O4. The maximum Gasteiger partial charge on any atom is 0.335 e. The predicted molar refractivity (Wildman–Crippen MR) is 90.6 cm³/mol. The summed E-state index contributed by atoms with van der Waals surface area (Å²) >= 11 is 0. The second-order valence-corrected chi connectivity index (χ2v) is 6.56. The van der Waals surface area contributed by atoms with E-state index in [9.17, 15) is 14.4 Å². The van der Waals surface area contributed by atoms with Gasteiger partial charge in [0.05, 0.1) is 16.5 Å². The lowest BCUT2D eigenvalue weighted by Gasteiger charge is -2.29. The van der Waals surface area contributed by atoms with E-state index in [1.807, 2.05) is 7.05 Å². The van der Waals surface area contributed by atoms with Crippen molar-refractivity contribution in [3.8, 4) is 0 Å². The summed E-state index contributed by atoms with van der Waals surface area (Å²) in [5.41, 5.74) is -0.276. The van der Waals surface area contributed by atoms with Gasteiger partial charge in [-0.15, -0.1) is 0 Å². The van der Waals surface area contributed by atoms with Crippen LogP contribution in [0.3, 0.4) is 0 Å². The minimum Gasteiger partial charge on any atom is -0.478 e. The zero-order valence-corrected chi connectivity index (χ0v) is 13.9. The maximum atomic E-state index is 12.8. The number of aromatic carboxylic acids is 1. The summed E-state index contributed by atoms with van der Waals surface area (Å²) in [7, 11) is 3.64. The van der Waals surface area contributed by atoms with E-state index < -0.39 is 11.5 Å². The molecule has 0 amide bonds. The van der Waals surface area contributed by atoms with Gasteiger partial charge in [0.15, 0.2) is 0 Å². The highest BCUT2D eigenvalue weighted by Crippen LogP contribution is 2.17. The number of fused-ring (bicyclic) bond motifs is 1. The number of aromatic nitrogens is 2. The van der Waals surface area contributed by atoms with Crippen LogP contribution in [0.1, 0.15) is 23.2 Å². The van der Waals surface area contributed by atoms with E-state index in [1.165, 1.54) is 27.3 Å². The first kappa shape index (κ1) is 16.4. The average Bonchev–Trinajstić information content (AvgIpc) is 2.56. The third-order valence-electron chi connectivity index (χ3n) is 4.76. The van der Waals surface area contributed by atoms with Crippen molar-refractivity contribution in [2.24, 2.45) is 13.0 Å². The quantitative estimate of drug-likeness (QED) is 0.897. The number of benzene rings is 1. The standard InChI is InChI=1S/C17H21N3O4/c1-18-7-3-4-11(9-18)10-20-15(21)13-8-12(16(22)23)5-6-14(13)19(2)17(20)24/h5-6,8,11H,3-4,7,9-10H2,1-2H3,(H,22,23). The lowest BCUT2D eigenvalue weighted by atomic mass is 9.98. The number of hydrogen-bond donors (Lipinski definition) is 1. The molecule has 1 unspecified atom stereocenters. The van der Waals surface area contributed by atoms with E-state index in [0.29, 0.717) is 12.1 Å². The number of carboxylic acid groups (broad SMARTS) is 1. The highest BCUT2D eigenvalue weighted by molar-refractivity contribution is 5.93. The SMILES string of the molecule is CN1CCCC(Cn2c(=O)c3cc(C(=O)O)ccc3n(C)c2=O)C1. The molecule has 2 aromatic rings. The average molecular weight is 331 g/mol. The molecule has 1 aromatic carbocycles. The Balaban J connectivity index is 2.12. The van der Waals surface area contributed by atoms with Crippen molar-refractivity contribution in [3.63, 3.8) is 0 Å². The number of carbonyl (C=O) groups is 1. The Labute approximate surface area is 138 Å². The van der Waals surface area contributed by atoms with Crippen molar-refractivity contribution >= 4 is 16.9 Å². The van der Waals surface area contributed by atoms with Crippen LogP contribution in [0.5, 0.6) is 0 Å². The summed E-state index contributed by atoms with van der Waals surface area (Å²) < 4.78 is 2.66. The minimum atomic E-state index is -1.09. The molecule has 0 spiro atoms. The zero-order chi connectivity index (χ0) is 17.4. The fraction of sp³-hybridized carbons (Fsp3) is 0.471. The van der Waals surface area contributed by atoms with Gasteiger partial charge in [0.2, 0.25) is 0 Å². The van der Waals surface area contributed by atoms with E-state index >= 15 is 0 Å². The molecule has 7 heteroatoms. The first-order valence-electron chi connectivity index (χ1n) is 8.04. The number of carboxylic acids is 1. The Kier molecular flexibility index (Phi) is 4.28. The van der Waals surface area contributed by atoms with Gasteiger partial charge in [0, 0.05) is 20.1 Å². The molecule has 0 saturated carbocycles. The zero-order valence-electron chi connectivity index (χ0n) is 13.9. The number of piperidine rings is 1. The molecule has 7 nitrogen and oxygen atoms in total. The normalized spacial score (nSPS) is 18.8. The van der Waals surface area contributed by atoms with Crippen molar-refractivity contribution in [2.45, 2.75) is 19.4 Å². The Morgan fingerprint density at radius 3 is 2.71 bits per heavy atom. The second-order valence-electron chi connectivity index (χ2n) is 6.56. The van der Waals surface area contributed by atoms with Crippen molar-refractivity contribution in [3.05, 3.63) is 44.6 Å². The van der Waals surface area contributed by atoms with Gasteiger partial charge in [-0.2, -0.15) is 0 Å². The first-order valence-corrected chi connectivity index (χ1v) is 8.04. The highest BCUT2D eigenvalue weighted by Gasteiger charge is 2.21. The summed E-state index contributed by atoms with van der Waals surface area (Å²) in [6.45, 7) is 2.25.